The third-order valence-corrected chi connectivity index (χ3v) is 5.14. The van der Waals surface area contributed by atoms with Crippen LogP contribution in [0.15, 0.2) is 54.6 Å². The fourth-order valence-electron chi connectivity index (χ4n) is 3.59. The highest BCUT2D eigenvalue weighted by molar-refractivity contribution is 5.90. The average Bonchev–Trinajstić information content (AvgIpc) is 2.62. The summed E-state index contributed by atoms with van der Waals surface area (Å²) in [6.45, 7) is 5.15. The van der Waals surface area contributed by atoms with Gasteiger partial charge in [-0.05, 0) is 29.7 Å². The second-order valence-electron chi connectivity index (χ2n) is 7.00. The zero-order valence-corrected chi connectivity index (χ0v) is 14.9. The Balaban J connectivity index is 1.30. The summed E-state index contributed by atoms with van der Waals surface area (Å²) in [5.74, 6) is 0. The highest BCUT2D eigenvalue weighted by Crippen LogP contribution is 2.19. The molecule has 0 saturated carbocycles. The minimum Gasteiger partial charge on any atom is -0.379 e. The predicted octanol–water partition coefficient (Wildman–Crippen LogP) is 2.83. The van der Waals surface area contributed by atoms with Crippen molar-refractivity contribution in [1.82, 2.24) is 9.80 Å². The van der Waals surface area contributed by atoms with E-state index < -0.39 is 0 Å². The normalized spacial score (nSPS) is 18.4. The molecule has 0 bridgehead atoms. The van der Waals surface area contributed by atoms with Crippen LogP contribution in [0.2, 0.25) is 0 Å². The fourth-order valence-corrected chi connectivity index (χ4v) is 3.59. The number of urea groups is 1. The van der Waals surface area contributed by atoms with E-state index in [1.165, 1.54) is 11.1 Å². The molecule has 26 heavy (non-hydrogen) atoms. The third kappa shape index (κ3) is 4.06. The number of nitrogens with zero attached hydrogens (tertiary/aromatic N) is 2. The van der Waals surface area contributed by atoms with Gasteiger partial charge in [0.05, 0.1) is 13.2 Å². The Morgan fingerprint density at radius 3 is 2.50 bits per heavy atom. The molecule has 2 aromatic carbocycles. The Morgan fingerprint density at radius 1 is 1.00 bits per heavy atom. The first-order valence-corrected chi connectivity index (χ1v) is 9.28. The Bertz CT molecular complexity index is 738. The fraction of sp³-hybridized carbons (Fsp3) is 0.381. The number of rotatable bonds is 4. The molecule has 2 aliphatic rings. The van der Waals surface area contributed by atoms with Crippen LogP contribution in [0.5, 0.6) is 0 Å². The number of carbonyl (C=O) groups is 1. The Labute approximate surface area is 154 Å². The highest BCUT2D eigenvalue weighted by Gasteiger charge is 2.35. The molecule has 2 fully saturated rings. The summed E-state index contributed by atoms with van der Waals surface area (Å²) in [6, 6.07) is 19.0. The van der Waals surface area contributed by atoms with Crippen molar-refractivity contribution in [3.05, 3.63) is 65.7 Å². The van der Waals surface area contributed by atoms with Gasteiger partial charge in [-0.25, -0.2) is 4.79 Å². The Morgan fingerprint density at radius 2 is 1.73 bits per heavy atom. The quantitative estimate of drug-likeness (QED) is 0.921. The molecule has 136 valence electrons. The van der Waals surface area contributed by atoms with E-state index in [-0.39, 0.29) is 6.03 Å². The van der Waals surface area contributed by atoms with Gasteiger partial charge in [-0.2, -0.15) is 0 Å². The number of carbonyl (C=O) groups excluding carboxylic acids is 1. The number of hydrogen-bond donors (Lipinski definition) is 1. The Hall–Kier alpha value is -2.37. The Kier molecular flexibility index (Phi) is 5.18. The van der Waals surface area contributed by atoms with Gasteiger partial charge in [-0.1, -0.05) is 42.5 Å². The first-order valence-electron chi connectivity index (χ1n) is 9.28. The number of morpholine rings is 1. The van der Waals surface area contributed by atoms with E-state index in [2.05, 4.69) is 46.6 Å². The second kappa shape index (κ2) is 7.89. The van der Waals surface area contributed by atoms with E-state index in [0.717, 1.165) is 51.5 Å². The van der Waals surface area contributed by atoms with Gasteiger partial charge in [0.25, 0.3) is 0 Å². The topological polar surface area (TPSA) is 44.8 Å². The number of nitrogens with one attached hydrogen (secondary N) is 1. The number of anilines is 1. The van der Waals surface area contributed by atoms with Crippen molar-refractivity contribution >= 4 is 11.7 Å². The van der Waals surface area contributed by atoms with Crippen molar-refractivity contribution in [2.75, 3.05) is 44.7 Å². The molecule has 5 heteroatoms. The summed E-state index contributed by atoms with van der Waals surface area (Å²) >= 11 is 0. The van der Waals surface area contributed by atoms with Crippen LogP contribution in [0, 0.1) is 0 Å². The molecule has 0 aliphatic carbocycles. The summed E-state index contributed by atoms with van der Waals surface area (Å²) < 4.78 is 5.39. The zero-order chi connectivity index (χ0) is 17.8. The molecule has 2 saturated heterocycles. The molecule has 2 amide bonds. The maximum Gasteiger partial charge on any atom is 0.321 e. The van der Waals surface area contributed by atoms with Crippen LogP contribution in [0.1, 0.15) is 11.1 Å². The maximum absolute atomic E-state index is 12.5. The van der Waals surface area contributed by atoms with Crippen molar-refractivity contribution in [3.8, 4) is 0 Å². The average molecular weight is 351 g/mol. The van der Waals surface area contributed by atoms with Crippen LogP contribution in [0.25, 0.3) is 0 Å². The lowest BCUT2D eigenvalue weighted by molar-refractivity contribution is -0.0189. The van der Waals surface area contributed by atoms with Gasteiger partial charge in [0, 0.05) is 37.9 Å². The lowest BCUT2D eigenvalue weighted by atomic mass is 10.0. The molecular weight excluding hydrogens is 326 g/mol. The summed E-state index contributed by atoms with van der Waals surface area (Å²) in [6.07, 6.45) is 0.868. The van der Waals surface area contributed by atoms with E-state index in [1.54, 1.807) is 0 Å². The lowest BCUT2D eigenvalue weighted by Crippen LogP contribution is -2.63. The highest BCUT2D eigenvalue weighted by atomic mass is 16.5. The van der Waals surface area contributed by atoms with Crippen LogP contribution >= 0.6 is 0 Å². The molecule has 2 aliphatic heterocycles. The summed E-state index contributed by atoms with van der Waals surface area (Å²) in [4.78, 5) is 16.8. The van der Waals surface area contributed by atoms with E-state index in [4.69, 9.17) is 4.74 Å². The molecule has 5 nitrogen and oxygen atoms in total. The van der Waals surface area contributed by atoms with Gasteiger partial charge in [0.15, 0.2) is 0 Å². The van der Waals surface area contributed by atoms with Gasteiger partial charge in [0.2, 0.25) is 0 Å². The van der Waals surface area contributed by atoms with E-state index >= 15 is 0 Å². The summed E-state index contributed by atoms with van der Waals surface area (Å²) in [7, 11) is 0. The van der Waals surface area contributed by atoms with Crippen LogP contribution in [-0.4, -0.2) is 61.3 Å². The monoisotopic (exact) mass is 351 g/mol. The van der Waals surface area contributed by atoms with Crippen LogP contribution in [-0.2, 0) is 11.2 Å². The van der Waals surface area contributed by atoms with Crippen molar-refractivity contribution < 1.29 is 9.53 Å². The third-order valence-electron chi connectivity index (χ3n) is 5.14. The van der Waals surface area contributed by atoms with E-state index in [0.29, 0.717) is 6.04 Å². The standard InChI is InChI=1S/C21H25N3O2/c25-21(24-15-20(16-24)23-9-11-26-12-10-23)22-19-8-4-7-18(14-19)13-17-5-2-1-3-6-17/h1-8,14,20H,9-13,15-16H2,(H,22,25). The number of hydrogen-bond acceptors (Lipinski definition) is 3. The number of likely N-dealkylation sites (tertiary alicyclic amines) is 1. The van der Waals surface area contributed by atoms with E-state index in [9.17, 15) is 4.79 Å². The van der Waals surface area contributed by atoms with Crippen molar-refractivity contribution in [2.45, 2.75) is 12.5 Å². The van der Waals surface area contributed by atoms with Crippen molar-refractivity contribution in [2.24, 2.45) is 0 Å². The first kappa shape index (κ1) is 17.1. The molecule has 0 atom stereocenters. The predicted molar refractivity (Wildman–Crippen MR) is 102 cm³/mol. The molecule has 2 heterocycles. The number of ether oxygens (including phenoxy) is 1. The van der Waals surface area contributed by atoms with Crippen LogP contribution < -0.4 is 5.32 Å². The molecule has 0 spiro atoms. The van der Waals surface area contributed by atoms with Crippen molar-refractivity contribution in [1.29, 1.82) is 0 Å². The zero-order valence-electron chi connectivity index (χ0n) is 14.9. The van der Waals surface area contributed by atoms with Gasteiger partial charge < -0.3 is 15.0 Å². The lowest BCUT2D eigenvalue weighted by Gasteiger charge is -2.46. The van der Waals surface area contributed by atoms with Crippen LogP contribution in [0.4, 0.5) is 10.5 Å². The number of benzene rings is 2. The SMILES string of the molecule is O=C(Nc1cccc(Cc2ccccc2)c1)N1CC(N2CCOCC2)C1. The van der Waals surface area contributed by atoms with Gasteiger partial charge in [0.1, 0.15) is 0 Å². The minimum atomic E-state index is -0.00799. The molecule has 1 N–H and O–H groups in total. The van der Waals surface area contributed by atoms with Gasteiger partial charge in [-0.3, -0.25) is 4.90 Å². The summed E-state index contributed by atoms with van der Waals surface area (Å²) in [5.41, 5.74) is 3.33. The smallest absolute Gasteiger partial charge is 0.321 e. The molecule has 0 radical (unpaired) electrons. The second-order valence-corrected chi connectivity index (χ2v) is 7.00. The van der Waals surface area contributed by atoms with Crippen molar-refractivity contribution in [3.63, 3.8) is 0 Å². The van der Waals surface area contributed by atoms with Gasteiger partial charge >= 0.3 is 6.03 Å². The van der Waals surface area contributed by atoms with Gasteiger partial charge in [-0.15, -0.1) is 0 Å². The first-order chi connectivity index (χ1) is 12.8. The largest absolute Gasteiger partial charge is 0.379 e. The molecule has 2 aromatic rings. The molecular formula is C21H25N3O2. The molecule has 0 unspecified atom stereocenters. The maximum atomic E-state index is 12.5. The number of amides is 2. The summed E-state index contributed by atoms with van der Waals surface area (Å²) in [5, 5.41) is 3.04. The van der Waals surface area contributed by atoms with Crippen LogP contribution in [0.3, 0.4) is 0 Å². The minimum absolute atomic E-state index is 0.00799. The molecule has 0 aromatic heterocycles. The van der Waals surface area contributed by atoms with E-state index in [1.807, 2.05) is 23.1 Å². The molecule has 4 rings (SSSR count).